The molecule has 2 aromatic carbocycles. The minimum Gasteiger partial charge on any atom is -0.508 e. The maximum Gasteiger partial charge on any atom is 0.416 e. The Morgan fingerprint density at radius 3 is 2.25 bits per heavy atom. The van der Waals surface area contributed by atoms with Gasteiger partial charge in [-0.25, -0.2) is 0 Å². The monoisotopic (exact) mass is 282 g/mol. The van der Waals surface area contributed by atoms with E-state index in [9.17, 15) is 18.3 Å². The molecule has 20 heavy (non-hydrogen) atoms. The molecule has 0 aromatic heterocycles. The van der Waals surface area contributed by atoms with E-state index in [-0.39, 0.29) is 12.3 Å². The van der Waals surface area contributed by atoms with Crippen LogP contribution in [0.2, 0.25) is 0 Å². The molecule has 0 heterocycles. The average molecular weight is 282 g/mol. The van der Waals surface area contributed by atoms with Crippen molar-refractivity contribution in [1.82, 2.24) is 0 Å². The van der Waals surface area contributed by atoms with Crippen molar-refractivity contribution in [3.8, 4) is 5.75 Å². The first kappa shape index (κ1) is 14.0. The highest BCUT2D eigenvalue weighted by Gasteiger charge is 2.29. The number of benzene rings is 2. The second kappa shape index (κ2) is 5.32. The molecule has 0 aliphatic carbocycles. The van der Waals surface area contributed by atoms with Gasteiger partial charge in [-0.3, -0.25) is 0 Å². The summed E-state index contributed by atoms with van der Waals surface area (Å²) >= 11 is 0. The first-order chi connectivity index (χ1) is 9.38. The maximum atomic E-state index is 12.4. The molecule has 0 aliphatic heterocycles. The van der Waals surface area contributed by atoms with Crippen molar-refractivity contribution in [2.75, 3.05) is 11.1 Å². The number of nitrogens with one attached hydrogen (secondary N) is 1. The smallest absolute Gasteiger partial charge is 0.416 e. The van der Waals surface area contributed by atoms with E-state index in [0.29, 0.717) is 16.9 Å². The molecule has 0 atom stereocenters. The van der Waals surface area contributed by atoms with E-state index in [1.165, 1.54) is 18.2 Å². The summed E-state index contributed by atoms with van der Waals surface area (Å²) in [5, 5.41) is 12.6. The van der Waals surface area contributed by atoms with Crippen molar-refractivity contribution < 1.29 is 18.3 Å². The number of phenolic OH excluding ortho intramolecular Hbond substituents is 1. The van der Waals surface area contributed by atoms with Gasteiger partial charge in [0.1, 0.15) is 5.75 Å². The largest absolute Gasteiger partial charge is 0.508 e. The van der Waals surface area contributed by atoms with Crippen molar-refractivity contribution in [3.05, 3.63) is 53.6 Å². The molecule has 0 spiro atoms. The topological polar surface area (TPSA) is 58.3 Å². The third kappa shape index (κ3) is 3.14. The van der Waals surface area contributed by atoms with Crippen LogP contribution in [0.5, 0.6) is 5.75 Å². The molecule has 2 aromatic rings. The number of rotatable bonds is 3. The lowest BCUT2D eigenvalue weighted by molar-refractivity contribution is -0.137. The fraction of sp³-hybridized carbons (Fsp3) is 0.143. The Labute approximate surface area is 113 Å². The highest BCUT2D eigenvalue weighted by Crippen LogP contribution is 2.30. The van der Waals surface area contributed by atoms with Gasteiger partial charge in [0.15, 0.2) is 0 Å². The first-order valence-electron chi connectivity index (χ1n) is 5.85. The molecule has 6 heteroatoms. The highest BCUT2D eigenvalue weighted by molar-refractivity contribution is 5.56. The van der Waals surface area contributed by atoms with Crippen LogP contribution in [0.3, 0.4) is 0 Å². The average Bonchev–Trinajstić information content (AvgIpc) is 2.37. The van der Waals surface area contributed by atoms with E-state index in [4.69, 9.17) is 5.73 Å². The molecule has 0 amide bonds. The van der Waals surface area contributed by atoms with Crippen LogP contribution in [0.1, 0.15) is 11.1 Å². The van der Waals surface area contributed by atoms with Crippen LogP contribution >= 0.6 is 0 Å². The van der Waals surface area contributed by atoms with Gasteiger partial charge in [0.05, 0.1) is 5.56 Å². The molecule has 0 fully saturated rings. The van der Waals surface area contributed by atoms with Crippen LogP contribution < -0.4 is 11.1 Å². The van der Waals surface area contributed by atoms with Crippen molar-refractivity contribution >= 4 is 11.4 Å². The summed E-state index contributed by atoms with van der Waals surface area (Å²) < 4.78 is 37.2. The van der Waals surface area contributed by atoms with E-state index < -0.39 is 11.7 Å². The van der Waals surface area contributed by atoms with Gasteiger partial charge in [0.2, 0.25) is 0 Å². The highest BCUT2D eigenvalue weighted by atomic mass is 19.4. The SMILES string of the molecule is Nc1cccc(O)c1CNc1ccc(C(F)(F)F)cc1. The quantitative estimate of drug-likeness (QED) is 0.754. The first-order valence-corrected chi connectivity index (χ1v) is 5.85. The summed E-state index contributed by atoms with van der Waals surface area (Å²) in [6.45, 7) is 0.226. The summed E-state index contributed by atoms with van der Waals surface area (Å²) in [5.41, 5.74) is 6.46. The number of halogens is 3. The summed E-state index contributed by atoms with van der Waals surface area (Å²) in [5.74, 6) is 0.0458. The summed E-state index contributed by atoms with van der Waals surface area (Å²) in [7, 11) is 0. The molecule has 3 nitrogen and oxygen atoms in total. The lowest BCUT2D eigenvalue weighted by Gasteiger charge is -2.11. The number of alkyl halides is 3. The zero-order valence-corrected chi connectivity index (χ0v) is 10.4. The Balaban J connectivity index is 2.08. The number of hydrogen-bond donors (Lipinski definition) is 3. The number of anilines is 2. The van der Waals surface area contributed by atoms with Crippen LogP contribution in [-0.4, -0.2) is 5.11 Å². The van der Waals surface area contributed by atoms with Crippen LogP contribution in [0, 0.1) is 0 Å². The van der Waals surface area contributed by atoms with Gasteiger partial charge in [0, 0.05) is 23.5 Å². The van der Waals surface area contributed by atoms with Gasteiger partial charge in [-0.1, -0.05) is 6.07 Å². The van der Waals surface area contributed by atoms with E-state index in [2.05, 4.69) is 5.32 Å². The molecule has 0 saturated carbocycles. The normalized spacial score (nSPS) is 11.3. The van der Waals surface area contributed by atoms with Gasteiger partial charge in [0.25, 0.3) is 0 Å². The van der Waals surface area contributed by atoms with Crippen molar-refractivity contribution in [2.45, 2.75) is 12.7 Å². The second-order valence-electron chi connectivity index (χ2n) is 4.27. The Morgan fingerprint density at radius 1 is 1.05 bits per heavy atom. The van der Waals surface area contributed by atoms with Crippen molar-refractivity contribution in [1.29, 1.82) is 0 Å². The third-order valence-corrected chi connectivity index (χ3v) is 2.87. The minimum absolute atomic E-state index is 0.0458. The van der Waals surface area contributed by atoms with Gasteiger partial charge in [-0.05, 0) is 36.4 Å². The van der Waals surface area contributed by atoms with Crippen LogP contribution in [0.25, 0.3) is 0 Å². The predicted molar refractivity (Wildman–Crippen MR) is 71.3 cm³/mol. The summed E-state index contributed by atoms with van der Waals surface area (Å²) in [6, 6.07) is 9.42. The third-order valence-electron chi connectivity index (χ3n) is 2.87. The van der Waals surface area contributed by atoms with Gasteiger partial charge >= 0.3 is 6.18 Å². The predicted octanol–water partition coefficient (Wildman–Crippen LogP) is 3.61. The maximum absolute atomic E-state index is 12.4. The molecular formula is C14H13F3N2O. The molecule has 0 aliphatic rings. The molecule has 0 radical (unpaired) electrons. The molecule has 0 saturated heterocycles. The summed E-state index contributed by atoms with van der Waals surface area (Å²) in [6.07, 6.45) is -4.35. The molecular weight excluding hydrogens is 269 g/mol. The number of aromatic hydroxyl groups is 1. The lowest BCUT2D eigenvalue weighted by Crippen LogP contribution is -2.06. The fourth-order valence-corrected chi connectivity index (χ4v) is 1.75. The minimum atomic E-state index is -4.35. The van der Waals surface area contributed by atoms with Crippen LogP contribution in [-0.2, 0) is 12.7 Å². The zero-order chi connectivity index (χ0) is 14.8. The van der Waals surface area contributed by atoms with Crippen LogP contribution in [0.15, 0.2) is 42.5 Å². The second-order valence-corrected chi connectivity index (χ2v) is 4.27. The molecule has 0 bridgehead atoms. The Kier molecular flexibility index (Phi) is 3.74. The standard InChI is InChI=1S/C14H13F3N2O/c15-14(16,17)9-4-6-10(7-5-9)19-8-11-12(18)2-1-3-13(11)20/h1-7,19-20H,8,18H2. The van der Waals surface area contributed by atoms with Gasteiger partial charge in [-0.2, -0.15) is 13.2 Å². The van der Waals surface area contributed by atoms with E-state index in [1.807, 2.05) is 0 Å². The molecule has 0 unspecified atom stereocenters. The van der Waals surface area contributed by atoms with Gasteiger partial charge < -0.3 is 16.2 Å². The van der Waals surface area contributed by atoms with Crippen molar-refractivity contribution in [3.63, 3.8) is 0 Å². The Morgan fingerprint density at radius 2 is 1.70 bits per heavy atom. The number of nitrogen functional groups attached to an aromatic ring is 1. The molecule has 2 rings (SSSR count). The Hall–Kier alpha value is -2.37. The van der Waals surface area contributed by atoms with E-state index in [1.54, 1.807) is 12.1 Å². The zero-order valence-electron chi connectivity index (χ0n) is 10.4. The number of nitrogens with two attached hydrogens (primary N) is 1. The number of phenols is 1. The Bertz CT molecular complexity index is 574. The lowest BCUT2D eigenvalue weighted by atomic mass is 10.1. The number of hydrogen-bond acceptors (Lipinski definition) is 3. The van der Waals surface area contributed by atoms with Gasteiger partial charge in [-0.15, -0.1) is 0 Å². The molecule has 106 valence electrons. The van der Waals surface area contributed by atoms with Crippen molar-refractivity contribution in [2.24, 2.45) is 0 Å². The summed E-state index contributed by atoms with van der Waals surface area (Å²) in [4.78, 5) is 0. The molecule has 4 N–H and O–H groups in total. The van der Waals surface area contributed by atoms with E-state index in [0.717, 1.165) is 12.1 Å². The van der Waals surface area contributed by atoms with E-state index >= 15 is 0 Å². The fourth-order valence-electron chi connectivity index (χ4n) is 1.75. The van der Waals surface area contributed by atoms with Crippen LogP contribution in [0.4, 0.5) is 24.5 Å².